The molecule has 19 nitrogen and oxygen atoms in total. The number of aliphatic hydroxyl groups excluding tert-OH is 11. The smallest absolute Gasteiger partial charge is 0.220 e. The number of allylic oxidation sites excluding steroid dienone is 1. The van der Waals surface area contributed by atoms with Crippen LogP contribution in [-0.2, 0) is 33.2 Å². The average molecular weight is 1470 g/mol. The Balaban J connectivity index is 1.27. The van der Waals surface area contributed by atoms with Gasteiger partial charge in [-0.15, -0.1) is 0 Å². The van der Waals surface area contributed by atoms with Crippen LogP contribution in [0.3, 0.4) is 0 Å². The highest BCUT2D eigenvalue weighted by Crippen LogP contribution is 2.34. The predicted octanol–water partition coefficient (Wildman–Crippen LogP) is 15.5. The number of carbonyl (C=O) groups excluding carboxylic acids is 1. The zero-order chi connectivity index (χ0) is 74.6. The summed E-state index contributed by atoms with van der Waals surface area (Å²) in [6.07, 6.45) is 52.5. The predicted molar refractivity (Wildman–Crippen MR) is 411 cm³/mol. The van der Waals surface area contributed by atoms with Crippen molar-refractivity contribution in [2.45, 2.75) is 491 Å². The zero-order valence-electron chi connectivity index (χ0n) is 65.6. The van der Waals surface area contributed by atoms with Gasteiger partial charge in [-0.3, -0.25) is 4.79 Å². The highest BCUT2D eigenvalue weighted by Gasteiger charge is 2.54. The van der Waals surface area contributed by atoms with Gasteiger partial charge in [-0.05, 0) is 19.3 Å². The van der Waals surface area contributed by atoms with Crippen LogP contribution >= 0.6 is 0 Å². The van der Waals surface area contributed by atoms with Crippen LogP contribution < -0.4 is 5.32 Å². The minimum atomic E-state index is -1.98. The summed E-state index contributed by atoms with van der Waals surface area (Å²) in [6, 6.07) is -0.970. The minimum Gasteiger partial charge on any atom is -0.394 e. The topological polar surface area (TPSA) is 307 Å². The van der Waals surface area contributed by atoms with Gasteiger partial charge in [0.1, 0.15) is 73.2 Å². The van der Waals surface area contributed by atoms with E-state index in [4.69, 9.17) is 28.4 Å². The van der Waals surface area contributed by atoms with Crippen molar-refractivity contribution in [1.82, 2.24) is 5.32 Å². The third-order valence-corrected chi connectivity index (χ3v) is 22.1. The van der Waals surface area contributed by atoms with Crippen molar-refractivity contribution >= 4 is 5.91 Å². The monoisotopic (exact) mass is 1470 g/mol. The van der Waals surface area contributed by atoms with Crippen molar-refractivity contribution in [3.8, 4) is 0 Å². The molecule has 0 radical (unpaired) electrons. The summed E-state index contributed by atoms with van der Waals surface area (Å²) in [6.45, 7) is 1.80. The normalized spacial score (nSPS) is 26.0. The van der Waals surface area contributed by atoms with Gasteiger partial charge in [0.25, 0.3) is 0 Å². The fraction of sp³-hybridized carbons (Fsp3) is 0.964. The molecule has 0 aromatic rings. The zero-order valence-corrected chi connectivity index (χ0v) is 65.6. The summed E-state index contributed by atoms with van der Waals surface area (Å²) in [5.74, 6) is -0.266. The lowest BCUT2D eigenvalue weighted by atomic mass is 9.96. The standard InChI is InChI=1S/C84H161NO18/c1-3-5-7-9-11-13-15-17-19-21-22-23-24-25-26-27-28-29-30-31-32-33-34-35-36-37-38-39-40-41-42-43-44-46-48-50-52-54-56-58-60-62-72(90)85-67(68(89)61-59-57-55-53-51-49-47-45-20-18-16-14-12-10-8-6-4-2)66-98-82-78(96)75(93)80(70(64-87)100-82)103-84-79(97)76(94)81(71(65-88)101-84)102-83-77(95)74(92)73(91)69(63-86)99-83/h59,61,67-71,73-84,86-89,91-97H,3-58,60,62-66H2,1-2H3,(H,85,90)/b61-59+. The van der Waals surface area contributed by atoms with Crippen LogP contribution in [0.2, 0.25) is 0 Å². The molecule has 3 aliphatic heterocycles. The van der Waals surface area contributed by atoms with Crippen molar-refractivity contribution < 1.29 is 89.4 Å². The van der Waals surface area contributed by atoms with Gasteiger partial charge in [0.15, 0.2) is 18.9 Å². The summed E-state index contributed by atoms with van der Waals surface area (Å²) in [7, 11) is 0. The van der Waals surface area contributed by atoms with Gasteiger partial charge in [0.2, 0.25) is 5.91 Å². The van der Waals surface area contributed by atoms with Crippen molar-refractivity contribution in [1.29, 1.82) is 0 Å². The molecule has 0 saturated carbocycles. The van der Waals surface area contributed by atoms with Crippen molar-refractivity contribution in [3.63, 3.8) is 0 Å². The van der Waals surface area contributed by atoms with Crippen molar-refractivity contribution in [2.75, 3.05) is 26.4 Å². The molecular weight excluding hydrogens is 1310 g/mol. The molecule has 1 amide bonds. The van der Waals surface area contributed by atoms with E-state index in [0.717, 1.165) is 44.9 Å². The largest absolute Gasteiger partial charge is 0.394 e. The quantitative estimate of drug-likeness (QED) is 0.0199. The number of hydrogen-bond donors (Lipinski definition) is 12. The van der Waals surface area contributed by atoms with Gasteiger partial charge in [0, 0.05) is 6.42 Å². The first-order chi connectivity index (χ1) is 50.3. The lowest BCUT2D eigenvalue weighted by Gasteiger charge is -2.48. The molecule has 19 heteroatoms. The molecule has 610 valence electrons. The Kier molecular flexibility index (Phi) is 60.7. The summed E-state index contributed by atoms with van der Waals surface area (Å²) >= 11 is 0. The number of hydrogen-bond acceptors (Lipinski definition) is 18. The first-order valence-corrected chi connectivity index (χ1v) is 43.4. The molecule has 17 unspecified atom stereocenters. The van der Waals surface area contributed by atoms with E-state index in [9.17, 15) is 61.0 Å². The maximum Gasteiger partial charge on any atom is 0.220 e. The highest BCUT2D eigenvalue weighted by atomic mass is 16.8. The Morgan fingerprint density at radius 1 is 0.340 bits per heavy atom. The molecule has 0 aromatic carbocycles. The second-order valence-electron chi connectivity index (χ2n) is 31.4. The summed E-state index contributed by atoms with van der Waals surface area (Å²) in [5.41, 5.74) is 0. The van der Waals surface area contributed by atoms with Crippen LogP contribution in [0.25, 0.3) is 0 Å². The van der Waals surface area contributed by atoms with Crippen LogP contribution in [0.1, 0.15) is 386 Å². The van der Waals surface area contributed by atoms with Gasteiger partial charge < -0.3 is 89.9 Å². The molecule has 12 N–H and O–H groups in total. The summed E-state index contributed by atoms with van der Waals surface area (Å²) in [5, 5.41) is 121. The van der Waals surface area contributed by atoms with Crippen LogP contribution in [0.4, 0.5) is 0 Å². The number of carbonyl (C=O) groups is 1. The maximum atomic E-state index is 13.5. The number of rotatable bonds is 71. The molecule has 17 atom stereocenters. The van der Waals surface area contributed by atoms with E-state index in [-0.39, 0.29) is 18.9 Å². The van der Waals surface area contributed by atoms with Gasteiger partial charge in [-0.1, -0.05) is 373 Å². The molecule has 0 spiro atoms. The van der Waals surface area contributed by atoms with Gasteiger partial charge >= 0.3 is 0 Å². The molecule has 0 aliphatic carbocycles. The number of nitrogens with one attached hydrogen (secondary N) is 1. The SMILES string of the molecule is CCCCCCCCCCCCCCCCC/C=C/C(O)C(COC1OC(CO)C(OC2OC(CO)C(OC3OC(CO)C(O)C(O)C3O)C(O)C2O)C(O)C1O)NC(=O)CCCCCCCCCCCCCCCCCCCCCCCCCCCCCCCCCCCCCCCCCCC. The van der Waals surface area contributed by atoms with Crippen LogP contribution in [0, 0.1) is 0 Å². The lowest BCUT2D eigenvalue weighted by Crippen LogP contribution is -2.66. The van der Waals surface area contributed by atoms with E-state index >= 15 is 0 Å². The molecule has 103 heavy (non-hydrogen) atoms. The van der Waals surface area contributed by atoms with E-state index < -0.39 is 124 Å². The number of unbranched alkanes of at least 4 members (excludes halogenated alkanes) is 55. The molecule has 0 bridgehead atoms. The van der Waals surface area contributed by atoms with Crippen LogP contribution in [0.15, 0.2) is 12.2 Å². The minimum absolute atomic E-state index is 0.250. The fourth-order valence-corrected chi connectivity index (χ4v) is 15.1. The van der Waals surface area contributed by atoms with Crippen LogP contribution in [-0.4, -0.2) is 193 Å². The van der Waals surface area contributed by atoms with Crippen molar-refractivity contribution in [3.05, 3.63) is 12.2 Å². The summed E-state index contributed by atoms with van der Waals surface area (Å²) in [4.78, 5) is 13.5. The lowest BCUT2D eigenvalue weighted by molar-refractivity contribution is -0.379. The third kappa shape index (κ3) is 44.8. The van der Waals surface area contributed by atoms with E-state index in [1.54, 1.807) is 6.08 Å². The Hall–Kier alpha value is -1.47. The van der Waals surface area contributed by atoms with E-state index in [1.165, 1.54) is 315 Å². The maximum absolute atomic E-state index is 13.5. The molecule has 3 fully saturated rings. The fourth-order valence-electron chi connectivity index (χ4n) is 15.1. The Labute approximate surface area is 626 Å². The van der Waals surface area contributed by atoms with E-state index in [0.29, 0.717) is 6.42 Å². The van der Waals surface area contributed by atoms with Crippen LogP contribution in [0.5, 0.6) is 0 Å². The van der Waals surface area contributed by atoms with E-state index in [1.807, 2.05) is 6.08 Å². The van der Waals surface area contributed by atoms with Gasteiger partial charge in [-0.25, -0.2) is 0 Å². The molecule has 0 aromatic heterocycles. The molecular formula is C84H161NO18. The highest BCUT2D eigenvalue weighted by molar-refractivity contribution is 5.76. The van der Waals surface area contributed by atoms with Gasteiger partial charge in [0.05, 0.1) is 38.6 Å². The van der Waals surface area contributed by atoms with E-state index in [2.05, 4.69) is 19.2 Å². The van der Waals surface area contributed by atoms with Gasteiger partial charge in [-0.2, -0.15) is 0 Å². The molecule has 3 rings (SSSR count). The molecule has 3 heterocycles. The molecule has 3 aliphatic rings. The van der Waals surface area contributed by atoms with Crippen molar-refractivity contribution in [2.24, 2.45) is 0 Å². The first-order valence-electron chi connectivity index (χ1n) is 43.4. The number of aliphatic hydroxyl groups is 11. The number of ether oxygens (including phenoxy) is 6. The molecule has 3 saturated heterocycles. The summed E-state index contributed by atoms with van der Waals surface area (Å²) < 4.78 is 34.5. The number of amides is 1. The average Bonchev–Trinajstić information content (AvgIpc) is 0.781. The Bertz CT molecular complexity index is 1910. The Morgan fingerprint density at radius 3 is 0.913 bits per heavy atom. The second kappa shape index (κ2) is 65.3. The third-order valence-electron chi connectivity index (χ3n) is 22.1. The Morgan fingerprint density at radius 2 is 0.602 bits per heavy atom. The first kappa shape index (κ1) is 95.7. The second-order valence-corrected chi connectivity index (χ2v) is 31.4.